The number of nitrogens with zero attached hydrogens (tertiary/aromatic N) is 4. The monoisotopic (exact) mass is 330 g/mol. The number of carbonyl (C=O) groups excluding carboxylic acids is 2. The van der Waals surface area contributed by atoms with Gasteiger partial charge >= 0.3 is 46.0 Å². The van der Waals surface area contributed by atoms with Crippen molar-refractivity contribution in [2.75, 3.05) is 20.6 Å². The van der Waals surface area contributed by atoms with Gasteiger partial charge in [-0.25, -0.2) is 4.79 Å². The van der Waals surface area contributed by atoms with E-state index in [-0.39, 0.29) is 36.1 Å². The third-order valence-electron chi connectivity index (χ3n) is 3.08. The van der Waals surface area contributed by atoms with Crippen molar-refractivity contribution in [1.82, 2.24) is 15.0 Å². The maximum Gasteiger partial charge on any atom is 1.00 e. The minimum absolute atomic E-state index is 0. The summed E-state index contributed by atoms with van der Waals surface area (Å²) in [6.07, 6.45) is 0.745. The summed E-state index contributed by atoms with van der Waals surface area (Å²) in [5, 5.41) is 1.93. The standard InChI is InChI=1S/C9H16N4O6S.Na/c1-11(2)10-8(14)7-4-3-6-5-12(7)9(15)13(6)19-20(16,17)18;/h6-7H,3-5H2,1-2H3,(H2,10,14,16,17,18);/q;+1/p-1/t6-,7+;/m1./s1. The number of urea groups is 1. The third-order valence-corrected chi connectivity index (χ3v) is 3.43. The van der Waals surface area contributed by atoms with E-state index in [2.05, 4.69) is 9.71 Å². The number of rotatable bonds is 4. The Balaban J connectivity index is 0.00000220. The molecule has 21 heavy (non-hydrogen) atoms. The maximum atomic E-state index is 12.0. The zero-order valence-electron chi connectivity index (χ0n) is 12.0. The first-order valence-corrected chi connectivity index (χ1v) is 7.25. The minimum Gasteiger partial charge on any atom is -0.587 e. The second kappa shape index (κ2) is 6.77. The van der Waals surface area contributed by atoms with E-state index in [1.165, 1.54) is 9.91 Å². The minimum atomic E-state index is -4.77. The Morgan fingerprint density at radius 1 is 1.43 bits per heavy atom. The molecule has 2 atom stereocenters. The predicted molar refractivity (Wildman–Crippen MR) is 65.4 cm³/mol. The van der Waals surface area contributed by atoms with Gasteiger partial charge in [0.25, 0.3) is 0 Å². The average Bonchev–Trinajstić information content (AvgIpc) is 2.52. The van der Waals surface area contributed by atoms with Crippen LogP contribution in [0.5, 0.6) is 0 Å². The normalized spacial score (nSPS) is 25.0. The Hall–Kier alpha value is -0.430. The Morgan fingerprint density at radius 3 is 2.57 bits per heavy atom. The average molecular weight is 330 g/mol. The zero-order chi connectivity index (χ0) is 15.1. The number of hydrogen-bond acceptors (Lipinski definition) is 6. The number of carbonyl (C=O) groups is 2. The van der Waals surface area contributed by atoms with Gasteiger partial charge in [0.1, 0.15) is 0 Å². The van der Waals surface area contributed by atoms with E-state index in [1.54, 1.807) is 14.1 Å². The van der Waals surface area contributed by atoms with Gasteiger partial charge in [-0.2, -0.15) is 13.5 Å². The third kappa shape index (κ3) is 4.28. The van der Waals surface area contributed by atoms with Crippen molar-refractivity contribution in [3.8, 4) is 0 Å². The van der Waals surface area contributed by atoms with E-state index in [4.69, 9.17) is 4.55 Å². The summed E-state index contributed by atoms with van der Waals surface area (Å²) < 4.78 is 34.3. The quantitative estimate of drug-likeness (QED) is 0.321. The molecule has 10 nitrogen and oxygen atoms in total. The SMILES string of the molecule is CN(C)[N-]C(=O)[C@@H]1CC[C@@H]2CN1C(=O)N2OS(=O)(=O)O.[Na+]. The molecule has 2 rings (SSSR count). The van der Waals surface area contributed by atoms with Crippen LogP contribution in [0, 0.1) is 0 Å². The number of amides is 3. The molecule has 3 amide bonds. The van der Waals surface area contributed by atoms with E-state index in [9.17, 15) is 18.0 Å². The van der Waals surface area contributed by atoms with Gasteiger partial charge in [0.05, 0.1) is 18.0 Å². The molecule has 0 unspecified atom stereocenters. The van der Waals surface area contributed by atoms with Gasteiger partial charge in [0, 0.05) is 6.54 Å². The van der Waals surface area contributed by atoms with Crippen molar-refractivity contribution < 1.29 is 56.4 Å². The van der Waals surface area contributed by atoms with Gasteiger partial charge in [0.2, 0.25) is 0 Å². The fraction of sp³-hybridized carbons (Fsp3) is 0.778. The Kier molecular flexibility index (Phi) is 6.00. The first-order valence-electron chi connectivity index (χ1n) is 5.88. The van der Waals surface area contributed by atoms with Gasteiger partial charge in [-0.3, -0.25) is 4.55 Å². The van der Waals surface area contributed by atoms with Crippen LogP contribution in [0.15, 0.2) is 0 Å². The summed E-state index contributed by atoms with van der Waals surface area (Å²) >= 11 is 0. The van der Waals surface area contributed by atoms with Crippen LogP contribution >= 0.6 is 0 Å². The van der Waals surface area contributed by atoms with Gasteiger partial charge in [0.15, 0.2) is 0 Å². The van der Waals surface area contributed by atoms with Crippen molar-refractivity contribution in [2.45, 2.75) is 24.9 Å². The Bertz CT molecular complexity index is 526. The molecule has 0 spiro atoms. The molecule has 2 aliphatic rings. The van der Waals surface area contributed by atoms with E-state index in [0.29, 0.717) is 17.9 Å². The predicted octanol–water partition coefficient (Wildman–Crippen LogP) is -3.63. The van der Waals surface area contributed by atoms with Gasteiger partial charge < -0.3 is 20.1 Å². The smallest absolute Gasteiger partial charge is 0.587 e. The second-order valence-corrected chi connectivity index (χ2v) is 5.80. The van der Waals surface area contributed by atoms with Crippen LogP contribution in [0.3, 0.4) is 0 Å². The number of fused-ring (bicyclic) bond motifs is 2. The molecule has 2 saturated heterocycles. The molecule has 2 heterocycles. The van der Waals surface area contributed by atoms with Crippen LogP contribution in [0.1, 0.15) is 12.8 Å². The second-order valence-electron chi connectivity index (χ2n) is 4.80. The fourth-order valence-corrected chi connectivity index (χ4v) is 2.74. The van der Waals surface area contributed by atoms with Crippen molar-refractivity contribution in [3.63, 3.8) is 0 Å². The van der Waals surface area contributed by atoms with E-state index in [1.807, 2.05) is 0 Å². The molecular weight excluding hydrogens is 315 g/mol. The molecule has 0 radical (unpaired) electrons. The molecule has 0 saturated carbocycles. The van der Waals surface area contributed by atoms with Gasteiger partial charge in [-0.05, 0) is 26.9 Å². The van der Waals surface area contributed by atoms with Crippen LogP contribution in [0.2, 0.25) is 0 Å². The summed E-state index contributed by atoms with van der Waals surface area (Å²) in [5.74, 6) is -0.476. The van der Waals surface area contributed by atoms with Gasteiger partial charge in [-0.1, -0.05) is 0 Å². The first kappa shape index (κ1) is 18.6. The number of hydroxylamine groups is 2. The fourth-order valence-electron chi connectivity index (χ4n) is 2.35. The molecule has 2 fully saturated rings. The zero-order valence-corrected chi connectivity index (χ0v) is 14.8. The van der Waals surface area contributed by atoms with Crippen molar-refractivity contribution in [2.24, 2.45) is 0 Å². The Morgan fingerprint density at radius 2 is 2.05 bits per heavy atom. The summed E-state index contributed by atoms with van der Waals surface area (Å²) in [6, 6.07) is -2.01. The maximum absolute atomic E-state index is 12.0. The first-order chi connectivity index (χ1) is 9.19. The summed E-state index contributed by atoms with van der Waals surface area (Å²) in [6.45, 7) is 0.160. The van der Waals surface area contributed by atoms with Crippen LogP contribution < -0.4 is 29.6 Å². The molecular formula is C9H15N4NaO6S. The number of hydrogen-bond donors (Lipinski definition) is 1. The molecule has 114 valence electrons. The van der Waals surface area contributed by atoms with Crippen molar-refractivity contribution in [3.05, 3.63) is 5.43 Å². The van der Waals surface area contributed by atoms with Crippen molar-refractivity contribution in [1.29, 1.82) is 0 Å². The molecule has 0 aromatic heterocycles. The molecule has 2 bridgehead atoms. The van der Waals surface area contributed by atoms with E-state index < -0.39 is 34.4 Å². The van der Waals surface area contributed by atoms with Gasteiger partial charge in [-0.15, -0.1) is 4.28 Å². The molecule has 0 aliphatic carbocycles. The molecule has 0 aromatic rings. The van der Waals surface area contributed by atoms with E-state index in [0.717, 1.165) is 0 Å². The topological polar surface area (TPSA) is 122 Å². The molecule has 12 heteroatoms. The van der Waals surface area contributed by atoms with Crippen LogP contribution in [-0.2, 0) is 19.5 Å². The number of piperidine rings is 1. The van der Waals surface area contributed by atoms with E-state index >= 15 is 0 Å². The van der Waals surface area contributed by atoms with Crippen LogP contribution in [-0.4, -0.2) is 72.6 Å². The summed E-state index contributed by atoms with van der Waals surface area (Å²) in [4.78, 5) is 25.1. The van der Waals surface area contributed by atoms with Crippen LogP contribution in [0.25, 0.3) is 5.43 Å². The molecule has 0 aromatic carbocycles. The van der Waals surface area contributed by atoms with Crippen LogP contribution in [0.4, 0.5) is 4.79 Å². The Labute approximate surface area is 144 Å². The summed E-state index contributed by atoms with van der Waals surface area (Å²) in [5.41, 5.74) is 3.73. The molecule has 1 N–H and O–H groups in total. The largest absolute Gasteiger partial charge is 1.00 e. The molecule has 2 aliphatic heterocycles. The van der Waals surface area contributed by atoms with Crippen molar-refractivity contribution >= 4 is 22.3 Å². The summed E-state index contributed by atoms with van der Waals surface area (Å²) in [7, 11) is -1.60.